The van der Waals surface area contributed by atoms with Crippen LogP contribution in [-0.2, 0) is 4.79 Å². The molecule has 0 saturated carbocycles. The molecule has 24 heavy (non-hydrogen) atoms. The van der Waals surface area contributed by atoms with Crippen LogP contribution in [0.25, 0.3) is 0 Å². The van der Waals surface area contributed by atoms with Crippen molar-refractivity contribution < 1.29 is 9.53 Å². The Bertz CT molecular complexity index is 733. The molecule has 2 aromatic carbocycles. The summed E-state index contributed by atoms with van der Waals surface area (Å²) in [5.41, 5.74) is 3.58. The number of hydrogen-bond acceptors (Lipinski definition) is 2. The van der Waals surface area contributed by atoms with Gasteiger partial charge in [-0.3, -0.25) is 4.79 Å². The van der Waals surface area contributed by atoms with Gasteiger partial charge in [-0.25, -0.2) is 0 Å². The average molecular weight is 411 g/mol. The van der Waals surface area contributed by atoms with Gasteiger partial charge in [-0.2, -0.15) is 0 Å². The largest absolute Gasteiger partial charge is 0.483 e. The molecule has 1 atom stereocenters. The molecule has 3 nitrogen and oxygen atoms in total. The summed E-state index contributed by atoms with van der Waals surface area (Å²) in [6.45, 7) is 6.17. The number of carbonyl (C=O) groups is 1. The van der Waals surface area contributed by atoms with E-state index in [1.54, 1.807) is 18.2 Å². The number of ether oxygens (including phenoxy) is 1. The molecule has 0 aromatic heterocycles. The highest BCUT2D eigenvalue weighted by atomic mass is 79.9. The molecule has 0 fully saturated rings. The minimum atomic E-state index is -0.151. The summed E-state index contributed by atoms with van der Waals surface area (Å²) >= 11 is 9.27. The van der Waals surface area contributed by atoms with Crippen molar-refractivity contribution in [2.24, 2.45) is 0 Å². The van der Waals surface area contributed by atoms with Crippen LogP contribution in [0.2, 0.25) is 5.02 Å². The van der Waals surface area contributed by atoms with E-state index in [1.165, 1.54) is 11.1 Å². The molecule has 0 aliphatic rings. The van der Waals surface area contributed by atoms with Crippen LogP contribution in [0, 0.1) is 13.8 Å². The van der Waals surface area contributed by atoms with Crippen molar-refractivity contribution in [1.82, 2.24) is 5.32 Å². The van der Waals surface area contributed by atoms with Crippen molar-refractivity contribution in [2.45, 2.75) is 33.2 Å². The Balaban J connectivity index is 1.97. The second-order valence-electron chi connectivity index (χ2n) is 5.74. The van der Waals surface area contributed by atoms with Gasteiger partial charge in [-0.15, -0.1) is 0 Å². The third-order valence-corrected chi connectivity index (χ3v) is 4.78. The number of nitrogens with one attached hydrogen (secondary N) is 1. The summed E-state index contributed by atoms with van der Waals surface area (Å²) in [5, 5.41) is 3.64. The summed E-state index contributed by atoms with van der Waals surface area (Å²) in [7, 11) is 0. The molecule has 1 unspecified atom stereocenters. The second kappa shape index (κ2) is 8.54. The minimum Gasteiger partial charge on any atom is -0.483 e. The zero-order chi connectivity index (χ0) is 17.7. The van der Waals surface area contributed by atoms with E-state index in [4.69, 9.17) is 16.3 Å². The minimum absolute atomic E-state index is 0.0194. The fourth-order valence-electron chi connectivity index (χ4n) is 2.37. The van der Waals surface area contributed by atoms with Gasteiger partial charge in [0.2, 0.25) is 0 Å². The maximum absolute atomic E-state index is 12.2. The Morgan fingerprint density at radius 1 is 1.21 bits per heavy atom. The number of benzene rings is 2. The number of carbonyl (C=O) groups excluding carboxylic acids is 1. The van der Waals surface area contributed by atoms with Crippen LogP contribution in [0.15, 0.2) is 40.9 Å². The number of aryl methyl sites for hydroxylation is 2. The van der Waals surface area contributed by atoms with Crippen molar-refractivity contribution in [3.8, 4) is 5.75 Å². The molecule has 1 N–H and O–H groups in total. The van der Waals surface area contributed by atoms with Crippen molar-refractivity contribution in [3.05, 3.63) is 62.6 Å². The number of rotatable bonds is 6. The maximum Gasteiger partial charge on any atom is 0.258 e. The van der Waals surface area contributed by atoms with Crippen LogP contribution in [0.5, 0.6) is 5.75 Å². The van der Waals surface area contributed by atoms with Gasteiger partial charge in [0.25, 0.3) is 5.91 Å². The molecule has 0 heterocycles. The molecular weight excluding hydrogens is 390 g/mol. The van der Waals surface area contributed by atoms with Crippen molar-refractivity contribution in [3.63, 3.8) is 0 Å². The van der Waals surface area contributed by atoms with Gasteiger partial charge in [0.15, 0.2) is 6.61 Å². The van der Waals surface area contributed by atoms with Crippen LogP contribution in [-0.4, -0.2) is 12.5 Å². The molecule has 128 valence electrons. The Kier molecular flexibility index (Phi) is 6.69. The molecule has 5 heteroatoms. The highest BCUT2D eigenvalue weighted by Crippen LogP contribution is 2.28. The first-order chi connectivity index (χ1) is 11.4. The molecule has 2 aromatic rings. The van der Waals surface area contributed by atoms with E-state index in [0.29, 0.717) is 10.8 Å². The molecule has 2 rings (SSSR count). The lowest BCUT2D eigenvalue weighted by atomic mass is 9.99. The highest BCUT2D eigenvalue weighted by Gasteiger charge is 2.14. The lowest BCUT2D eigenvalue weighted by molar-refractivity contribution is -0.123. The van der Waals surface area contributed by atoms with E-state index in [0.717, 1.165) is 16.5 Å². The number of hydrogen-bond donors (Lipinski definition) is 1. The van der Waals surface area contributed by atoms with Gasteiger partial charge in [-0.05, 0) is 71.1 Å². The van der Waals surface area contributed by atoms with E-state index >= 15 is 0 Å². The van der Waals surface area contributed by atoms with Gasteiger partial charge >= 0.3 is 0 Å². The van der Waals surface area contributed by atoms with Gasteiger partial charge < -0.3 is 10.1 Å². The van der Waals surface area contributed by atoms with E-state index in [2.05, 4.69) is 60.2 Å². The topological polar surface area (TPSA) is 38.3 Å². The van der Waals surface area contributed by atoms with E-state index in [-0.39, 0.29) is 18.6 Å². The normalized spacial score (nSPS) is 11.9. The van der Waals surface area contributed by atoms with E-state index in [1.807, 2.05) is 0 Å². The fourth-order valence-corrected chi connectivity index (χ4v) is 3.17. The van der Waals surface area contributed by atoms with Gasteiger partial charge in [-0.1, -0.05) is 36.7 Å². The van der Waals surface area contributed by atoms with Gasteiger partial charge in [0, 0.05) is 5.02 Å². The zero-order valence-electron chi connectivity index (χ0n) is 14.0. The van der Waals surface area contributed by atoms with Crippen LogP contribution in [0.1, 0.15) is 36.1 Å². The predicted molar refractivity (Wildman–Crippen MR) is 102 cm³/mol. The first-order valence-corrected chi connectivity index (χ1v) is 9.02. The summed E-state index contributed by atoms with van der Waals surface area (Å²) in [5.74, 6) is 0.440. The van der Waals surface area contributed by atoms with Crippen LogP contribution < -0.4 is 10.1 Å². The van der Waals surface area contributed by atoms with Crippen molar-refractivity contribution in [2.75, 3.05) is 6.61 Å². The SMILES string of the molecule is CCC(NC(=O)COc1ccc(Cl)cc1Br)c1ccc(C)c(C)c1. The second-order valence-corrected chi connectivity index (χ2v) is 7.03. The summed E-state index contributed by atoms with van der Waals surface area (Å²) in [4.78, 5) is 12.2. The van der Waals surface area contributed by atoms with E-state index in [9.17, 15) is 4.79 Å². The van der Waals surface area contributed by atoms with Crippen molar-refractivity contribution >= 4 is 33.4 Å². The van der Waals surface area contributed by atoms with Gasteiger partial charge in [0.05, 0.1) is 10.5 Å². The monoisotopic (exact) mass is 409 g/mol. The average Bonchev–Trinajstić information content (AvgIpc) is 2.54. The Hall–Kier alpha value is -1.52. The first kappa shape index (κ1) is 18.8. The Morgan fingerprint density at radius 2 is 1.96 bits per heavy atom. The molecule has 0 aliphatic heterocycles. The quantitative estimate of drug-likeness (QED) is 0.695. The summed E-state index contributed by atoms with van der Waals surface area (Å²) in [6, 6.07) is 11.5. The molecule has 1 amide bonds. The zero-order valence-corrected chi connectivity index (χ0v) is 16.4. The molecule has 0 radical (unpaired) electrons. The maximum atomic E-state index is 12.2. The van der Waals surface area contributed by atoms with Crippen molar-refractivity contribution in [1.29, 1.82) is 0 Å². The van der Waals surface area contributed by atoms with Crippen LogP contribution in [0.3, 0.4) is 0 Å². The summed E-state index contributed by atoms with van der Waals surface area (Å²) < 4.78 is 6.29. The number of amides is 1. The highest BCUT2D eigenvalue weighted by molar-refractivity contribution is 9.10. The van der Waals surface area contributed by atoms with E-state index < -0.39 is 0 Å². The Labute approximate surface area is 156 Å². The molecule has 0 spiro atoms. The first-order valence-electron chi connectivity index (χ1n) is 7.85. The lowest BCUT2D eigenvalue weighted by Gasteiger charge is -2.19. The van der Waals surface area contributed by atoms with Crippen LogP contribution >= 0.6 is 27.5 Å². The third-order valence-electron chi connectivity index (χ3n) is 3.93. The van der Waals surface area contributed by atoms with Gasteiger partial charge in [0.1, 0.15) is 5.75 Å². The smallest absolute Gasteiger partial charge is 0.258 e. The lowest BCUT2D eigenvalue weighted by Crippen LogP contribution is -2.32. The molecular formula is C19H21BrClNO2. The number of halogens is 2. The fraction of sp³-hybridized carbons (Fsp3) is 0.316. The predicted octanol–water partition coefficient (Wildman–Crippen LogP) is 5.37. The third kappa shape index (κ3) is 4.99. The molecule has 0 aliphatic carbocycles. The molecule has 0 saturated heterocycles. The standard InChI is InChI=1S/C19H21BrClNO2/c1-4-17(14-6-5-12(2)13(3)9-14)22-19(23)11-24-18-8-7-15(21)10-16(18)20/h5-10,17H,4,11H2,1-3H3,(H,22,23). The van der Waals surface area contributed by atoms with Crippen LogP contribution in [0.4, 0.5) is 0 Å². The Morgan fingerprint density at radius 3 is 2.58 bits per heavy atom. The summed E-state index contributed by atoms with van der Waals surface area (Å²) in [6.07, 6.45) is 0.818. The molecule has 0 bridgehead atoms.